The van der Waals surface area contributed by atoms with Gasteiger partial charge in [0.15, 0.2) is 0 Å². The minimum atomic E-state index is -0.497. The SMILES string of the molecule is CC(NC(=O)Nc1ccc([N+](=O)[O-])cc1)c1ncc[nH]1. The van der Waals surface area contributed by atoms with Crippen molar-refractivity contribution in [2.24, 2.45) is 0 Å². The van der Waals surface area contributed by atoms with Crippen molar-refractivity contribution in [3.63, 3.8) is 0 Å². The lowest BCUT2D eigenvalue weighted by molar-refractivity contribution is -0.384. The lowest BCUT2D eigenvalue weighted by Gasteiger charge is -2.12. The fourth-order valence-electron chi connectivity index (χ4n) is 1.61. The van der Waals surface area contributed by atoms with Gasteiger partial charge in [0.1, 0.15) is 5.82 Å². The molecule has 20 heavy (non-hydrogen) atoms. The van der Waals surface area contributed by atoms with E-state index in [1.807, 2.05) is 0 Å². The van der Waals surface area contributed by atoms with Gasteiger partial charge in [0.05, 0.1) is 11.0 Å². The van der Waals surface area contributed by atoms with E-state index in [-0.39, 0.29) is 11.7 Å². The number of hydrogen-bond donors (Lipinski definition) is 3. The summed E-state index contributed by atoms with van der Waals surface area (Å²) in [6.45, 7) is 1.79. The first-order valence-electron chi connectivity index (χ1n) is 5.87. The second-order valence-electron chi connectivity index (χ2n) is 4.10. The molecule has 2 amide bonds. The van der Waals surface area contributed by atoms with Gasteiger partial charge in [-0.15, -0.1) is 0 Å². The summed E-state index contributed by atoms with van der Waals surface area (Å²) in [6.07, 6.45) is 3.27. The van der Waals surface area contributed by atoms with Gasteiger partial charge in [-0.1, -0.05) is 0 Å². The number of H-pyrrole nitrogens is 1. The number of carbonyl (C=O) groups is 1. The summed E-state index contributed by atoms with van der Waals surface area (Å²) in [7, 11) is 0. The first kappa shape index (κ1) is 13.5. The third-order valence-electron chi connectivity index (χ3n) is 2.61. The number of hydrogen-bond acceptors (Lipinski definition) is 4. The van der Waals surface area contributed by atoms with Gasteiger partial charge in [0.25, 0.3) is 5.69 Å². The number of amides is 2. The molecule has 8 heteroatoms. The van der Waals surface area contributed by atoms with Crippen molar-refractivity contribution in [3.8, 4) is 0 Å². The normalized spacial score (nSPS) is 11.7. The maximum absolute atomic E-state index is 11.7. The van der Waals surface area contributed by atoms with Crippen LogP contribution in [0.1, 0.15) is 18.8 Å². The molecule has 0 fully saturated rings. The Morgan fingerprint density at radius 3 is 2.65 bits per heavy atom. The first-order chi connectivity index (χ1) is 9.56. The molecule has 0 aliphatic carbocycles. The molecular weight excluding hydrogens is 262 g/mol. The van der Waals surface area contributed by atoms with Crippen molar-refractivity contribution in [2.45, 2.75) is 13.0 Å². The second-order valence-corrected chi connectivity index (χ2v) is 4.10. The maximum atomic E-state index is 11.7. The number of urea groups is 1. The predicted octanol–water partition coefficient (Wildman–Crippen LogP) is 2.20. The molecule has 0 saturated heterocycles. The average molecular weight is 275 g/mol. The standard InChI is InChI=1S/C12H13N5O3/c1-8(11-13-6-7-14-11)15-12(18)16-9-2-4-10(5-3-9)17(19)20/h2-8H,1H3,(H,13,14)(H2,15,16,18). The molecule has 0 bridgehead atoms. The van der Waals surface area contributed by atoms with Crippen molar-refractivity contribution >= 4 is 17.4 Å². The molecule has 104 valence electrons. The third kappa shape index (κ3) is 3.31. The second kappa shape index (κ2) is 5.83. The van der Waals surface area contributed by atoms with Crippen LogP contribution < -0.4 is 10.6 Å². The highest BCUT2D eigenvalue weighted by Crippen LogP contribution is 2.15. The molecule has 1 unspecified atom stereocenters. The number of benzene rings is 1. The Hall–Kier alpha value is -2.90. The van der Waals surface area contributed by atoms with E-state index < -0.39 is 11.0 Å². The lowest BCUT2D eigenvalue weighted by Crippen LogP contribution is -2.31. The zero-order valence-electron chi connectivity index (χ0n) is 10.7. The zero-order chi connectivity index (χ0) is 14.5. The summed E-state index contributed by atoms with van der Waals surface area (Å²) in [5.41, 5.74) is 0.444. The Labute approximate surface area is 114 Å². The van der Waals surface area contributed by atoms with Gasteiger partial charge in [0, 0.05) is 30.2 Å². The molecule has 2 rings (SSSR count). The van der Waals surface area contributed by atoms with Gasteiger partial charge in [-0.3, -0.25) is 10.1 Å². The molecule has 1 aromatic heterocycles. The minimum absolute atomic E-state index is 0.0279. The van der Waals surface area contributed by atoms with Crippen molar-refractivity contribution in [1.82, 2.24) is 15.3 Å². The number of imidazole rings is 1. The summed E-state index contributed by atoms with van der Waals surface area (Å²) in [5, 5.41) is 15.8. The van der Waals surface area contributed by atoms with E-state index >= 15 is 0 Å². The quantitative estimate of drug-likeness (QED) is 0.586. The molecule has 8 nitrogen and oxygen atoms in total. The van der Waals surface area contributed by atoms with Crippen molar-refractivity contribution in [3.05, 3.63) is 52.6 Å². The highest BCUT2D eigenvalue weighted by Gasteiger charge is 2.11. The molecule has 3 N–H and O–H groups in total. The number of anilines is 1. The van der Waals surface area contributed by atoms with Crippen molar-refractivity contribution in [2.75, 3.05) is 5.32 Å². The molecule has 0 saturated carbocycles. The van der Waals surface area contributed by atoms with Crippen LogP contribution >= 0.6 is 0 Å². The van der Waals surface area contributed by atoms with E-state index in [9.17, 15) is 14.9 Å². The number of aromatic amines is 1. The number of non-ortho nitro benzene ring substituents is 1. The van der Waals surface area contributed by atoms with Crippen molar-refractivity contribution in [1.29, 1.82) is 0 Å². The predicted molar refractivity (Wildman–Crippen MR) is 72.3 cm³/mol. The van der Waals surface area contributed by atoms with Gasteiger partial charge in [-0.05, 0) is 19.1 Å². The van der Waals surface area contributed by atoms with Gasteiger partial charge in [-0.25, -0.2) is 9.78 Å². The van der Waals surface area contributed by atoms with E-state index in [4.69, 9.17) is 0 Å². The van der Waals surface area contributed by atoms with E-state index in [2.05, 4.69) is 20.6 Å². The summed E-state index contributed by atoms with van der Waals surface area (Å²) in [5.74, 6) is 0.642. The first-order valence-corrected chi connectivity index (χ1v) is 5.87. The van der Waals surface area contributed by atoms with E-state index in [0.717, 1.165) is 0 Å². The van der Waals surface area contributed by atoms with Gasteiger partial charge in [0.2, 0.25) is 0 Å². The number of rotatable bonds is 4. The largest absolute Gasteiger partial charge is 0.347 e. The number of nitrogens with one attached hydrogen (secondary N) is 3. The van der Waals surface area contributed by atoms with E-state index in [0.29, 0.717) is 11.5 Å². The Balaban J connectivity index is 1.92. The molecule has 1 aromatic carbocycles. The Morgan fingerprint density at radius 1 is 1.40 bits per heavy atom. The van der Waals surface area contributed by atoms with Crippen LogP contribution in [-0.2, 0) is 0 Å². The molecular formula is C12H13N5O3. The van der Waals surface area contributed by atoms with Crippen LogP contribution in [0.15, 0.2) is 36.7 Å². The Bertz CT molecular complexity index is 594. The maximum Gasteiger partial charge on any atom is 0.319 e. The molecule has 0 spiro atoms. The van der Waals surface area contributed by atoms with E-state index in [1.54, 1.807) is 19.3 Å². The summed E-state index contributed by atoms with van der Waals surface area (Å²) in [4.78, 5) is 28.7. The number of carbonyl (C=O) groups excluding carboxylic acids is 1. The highest BCUT2D eigenvalue weighted by molar-refractivity contribution is 5.89. The Kier molecular flexibility index (Phi) is 3.94. The number of nitrogens with zero attached hydrogens (tertiary/aromatic N) is 2. The summed E-state index contributed by atoms with van der Waals surface area (Å²) < 4.78 is 0. The monoisotopic (exact) mass is 275 g/mol. The fraction of sp³-hybridized carbons (Fsp3) is 0.167. The zero-order valence-corrected chi connectivity index (χ0v) is 10.7. The average Bonchev–Trinajstić information content (AvgIpc) is 2.93. The number of aromatic nitrogens is 2. The molecule has 0 aliphatic rings. The fourth-order valence-corrected chi connectivity index (χ4v) is 1.61. The molecule has 1 heterocycles. The summed E-state index contributed by atoms with van der Waals surface area (Å²) >= 11 is 0. The van der Waals surface area contributed by atoms with Crippen LogP contribution in [0.4, 0.5) is 16.2 Å². The van der Waals surface area contributed by atoms with Crippen LogP contribution in [0.5, 0.6) is 0 Å². The van der Waals surface area contributed by atoms with Crippen molar-refractivity contribution < 1.29 is 9.72 Å². The van der Waals surface area contributed by atoms with Gasteiger partial charge in [-0.2, -0.15) is 0 Å². The molecule has 0 aliphatic heterocycles. The van der Waals surface area contributed by atoms with Crippen LogP contribution in [0.3, 0.4) is 0 Å². The molecule has 2 aromatic rings. The lowest BCUT2D eigenvalue weighted by atomic mass is 10.3. The third-order valence-corrected chi connectivity index (χ3v) is 2.61. The van der Waals surface area contributed by atoms with Gasteiger partial charge < -0.3 is 15.6 Å². The Morgan fingerprint density at radius 2 is 2.10 bits per heavy atom. The van der Waals surface area contributed by atoms with Crippen LogP contribution in [0.2, 0.25) is 0 Å². The smallest absolute Gasteiger partial charge is 0.319 e. The van der Waals surface area contributed by atoms with Crippen LogP contribution in [-0.4, -0.2) is 20.9 Å². The number of nitro groups is 1. The molecule has 0 radical (unpaired) electrons. The molecule has 1 atom stereocenters. The van der Waals surface area contributed by atoms with E-state index in [1.165, 1.54) is 24.3 Å². The van der Waals surface area contributed by atoms with Crippen LogP contribution in [0, 0.1) is 10.1 Å². The topological polar surface area (TPSA) is 113 Å². The number of nitro benzene ring substituents is 1. The van der Waals surface area contributed by atoms with Crippen LogP contribution in [0.25, 0.3) is 0 Å². The van der Waals surface area contributed by atoms with Gasteiger partial charge >= 0.3 is 6.03 Å². The highest BCUT2D eigenvalue weighted by atomic mass is 16.6. The minimum Gasteiger partial charge on any atom is -0.347 e. The summed E-state index contributed by atoms with van der Waals surface area (Å²) in [6, 6.07) is 4.90.